The third-order valence-corrected chi connectivity index (χ3v) is 5.27. The highest BCUT2D eigenvalue weighted by atomic mass is 16.3. The van der Waals surface area contributed by atoms with Gasteiger partial charge in [0.1, 0.15) is 5.82 Å². The number of imidazole rings is 1. The predicted molar refractivity (Wildman–Crippen MR) is 84.3 cm³/mol. The van der Waals surface area contributed by atoms with E-state index in [1.165, 1.54) is 6.42 Å². The van der Waals surface area contributed by atoms with Crippen LogP contribution in [0.4, 0.5) is 0 Å². The average Bonchev–Trinajstić information content (AvgIpc) is 2.95. The van der Waals surface area contributed by atoms with Crippen molar-refractivity contribution < 1.29 is 9.90 Å². The molecule has 0 radical (unpaired) electrons. The monoisotopic (exact) mass is 305 g/mol. The highest BCUT2D eigenvalue weighted by Gasteiger charge is 2.33. The van der Waals surface area contributed by atoms with Gasteiger partial charge in [0.25, 0.3) is 0 Å². The summed E-state index contributed by atoms with van der Waals surface area (Å²) in [6.07, 6.45) is 11.0. The van der Waals surface area contributed by atoms with Crippen molar-refractivity contribution in [2.75, 3.05) is 13.6 Å². The van der Waals surface area contributed by atoms with E-state index >= 15 is 0 Å². The summed E-state index contributed by atoms with van der Waals surface area (Å²) in [7, 11) is 1.87. The number of carbonyl (C=O) groups excluding carboxylic acids is 1. The van der Waals surface area contributed by atoms with Crippen LogP contribution in [0.3, 0.4) is 0 Å². The summed E-state index contributed by atoms with van der Waals surface area (Å²) < 4.78 is 2.20. The standard InChI is InChI=1S/C17H27N3O2/c1-19(16(21)12-17(22)6-3-2-4-7-17)13-14-5-9-20-10-8-18-15(20)11-14/h8,10,14,22H,2-7,9,11-13H2,1H3/t14-/m1/s1. The van der Waals surface area contributed by atoms with Gasteiger partial charge in [-0.3, -0.25) is 4.79 Å². The minimum Gasteiger partial charge on any atom is -0.389 e. The first-order chi connectivity index (χ1) is 10.6. The molecule has 1 aromatic heterocycles. The van der Waals surface area contributed by atoms with E-state index in [0.717, 1.165) is 57.4 Å². The average molecular weight is 305 g/mol. The summed E-state index contributed by atoms with van der Waals surface area (Å²) in [6, 6.07) is 0. The Hall–Kier alpha value is -1.36. The fraction of sp³-hybridized carbons (Fsp3) is 0.765. The van der Waals surface area contributed by atoms with E-state index in [1.807, 2.05) is 24.3 Å². The molecule has 0 unspecified atom stereocenters. The second-order valence-electron chi connectivity index (χ2n) is 7.13. The lowest BCUT2D eigenvalue weighted by atomic mass is 9.82. The lowest BCUT2D eigenvalue weighted by Gasteiger charge is -2.34. The van der Waals surface area contributed by atoms with Crippen LogP contribution in [0.15, 0.2) is 12.4 Å². The van der Waals surface area contributed by atoms with Crippen molar-refractivity contribution >= 4 is 5.91 Å². The van der Waals surface area contributed by atoms with Crippen LogP contribution in [0.1, 0.15) is 50.8 Å². The first kappa shape index (κ1) is 15.5. The fourth-order valence-corrected chi connectivity index (χ4v) is 3.86. The SMILES string of the molecule is CN(C[C@@H]1CCn2ccnc2C1)C(=O)CC1(O)CCCCC1. The number of fused-ring (bicyclic) bond motifs is 1. The van der Waals surface area contributed by atoms with Gasteiger partial charge in [-0.1, -0.05) is 19.3 Å². The summed E-state index contributed by atoms with van der Waals surface area (Å²) in [6.45, 7) is 1.76. The van der Waals surface area contributed by atoms with Gasteiger partial charge in [-0.05, 0) is 25.2 Å². The van der Waals surface area contributed by atoms with E-state index in [0.29, 0.717) is 5.92 Å². The first-order valence-corrected chi connectivity index (χ1v) is 8.52. The maximum absolute atomic E-state index is 12.4. The maximum atomic E-state index is 12.4. The van der Waals surface area contributed by atoms with E-state index in [9.17, 15) is 9.90 Å². The van der Waals surface area contributed by atoms with Crippen molar-refractivity contribution in [1.29, 1.82) is 0 Å². The van der Waals surface area contributed by atoms with Gasteiger partial charge in [-0.2, -0.15) is 0 Å². The predicted octanol–water partition coefficient (Wildman–Crippen LogP) is 1.99. The zero-order chi connectivity index (χ0) is 15.6. The molecule has 1 aliphatic heterocycles. The van der Waals surface area contributed by atoms with Gasteiger partial charge in [-0.15, -0.1) is 0 Å². The molecule has 1 saturated carbocycles. The van der Waals surface area contributed by atoms with E-state index in [-0.39, 0.29) is 12.3 Å². The van der Waals surface area contributed by atoms with Crippen LogP contribution >= 0.6 is 0 Å². The van der Waals surface area contributed by atoms with Gasteiger partial charge in [0, 0.05) is 39.0 Å². The minimum absolute atomic E-state index is 0.0818. The molecule has 1 N–H and O–H groups in total. The Labute approximate surface area is 132 Å². The fourth-order valence-electron chi connectivity index (χ4n) is 3.86. The number of carbonyl (C=O) groups is 1. The smallest absolute Gasteiger partial charge is 0.225 e. The van der Waals surface area contributed by atoms with Gasteiger partial charge in [0.05, 0.1) is 12.0 Å². The molecule has 2 aliphatic rings. The Morgan fingerprint density at radius 2 is 2.23 bits per heavy atom. The topological polar surface area (TPSA) is 58.4 Å². The number of hydrogen-bond acceptors (Lipinski definition) is 3. The minimum atomic E-state index is -0.758. The van der Waals surface area contributed by atoms with Crippen molar-refractivity contribution in [2.45, 2.75) is 63.5 Å². The molecular formula is C17H27N3O2. The molecule has 1 aliphatic carbocycles. The van der Waals surface area contributed by atoms with Crippen molar-refractivity contribution in [3.05, 3.63) is 18.2 Å². The number of nitrogens with zero attached hydrogens (tertiary/aromatic N) is 3. The molecule has 5 heteroatoms. The van der Waals surface area contributed by atoms with Gasteiger partial charge in [0.2, 0.25) is 5.91 Å². The normalized spacial score (nSPS) is 23.8. The maximum Gasteiger partial charge on any atom is 0.225 e. The lowest BCUT2D eigenvalue weighted by Crippen LogP contribution is -2.41. The summed E-state index contributed by atoms with van der Waals surface area (Å²) in [5.41, 5.74) is -0.758. The van der Waals surface area contributed by atoms with E-state index in [4.69, 9.17) is 0 Å². The van der Waals surface area contributed by atoms with Crippen molar-refractivity contribution in [2.24, 2.45) is 5.92 Å². The highest BCUT2D eigenvalue weighted by Crippen LogP contribution is 2.31. The molecule has 0 spiro atoms. The van der Waals surface area contributed by atoms with Gasteiger partial charge in [-0.25, -0.2) is 4.98 Å². The molecule has 5 nitrogen and oxygen atoms in total. The first-order valence-electron chi connectivity index (χ1n) is 8.52. The number of rotatable bonds is 4. The van der Waals surface area contributed by atoms with E-state index in [2.05, 4.69) is 9.55 Å². The third kappa shape index (κ3) is 3.51. The molecule has 0 bridgehead atoms. The molecular weight excluding hydrogens is 278 g/mol. The highest BCUT2D eigenvalue weighted by molar-refractivity contribution is 5.77. The molecule has 1 aromatic rings. The number of aromatic nitrogens is 2. The van der Waals surface area contributed by atoms with Crippen LogP contribution < -0.4 is 0 Å². The van der Waals surface area contributed by atoms with Crippen LogP contribution in [0.2, 0.25) is 0 Å². The second-order valence-corrected chi connectivity index (χ2v) is 7.13. The van der Waals surface area contributed by atoms with Gasteiger partial charge >= 0.3 is 0 Å². The molecule has 22 heavy (non-hydrogen) atoms. The van der Waals surface area contributed by atoms with Crippen molar-refractivity contribution in [1.82, 2.24) is 14.5 Å². The molecule has 1 amide bonds. The van der Waals surface area contributed by atoms with Crippen molar-refractivity contribution in [3.63, 3.8) is 0 Å². The second kappa shape index (κ2) is 6.41. The van der Waals surface area contributed by atoms with Crippen LogP contribution in [-0.4, -0.2) is 44.7 Å². The molecule has 3 rings (SSSR count). The quantitative estimate of drug-likeness (QED) is 0.925. The Kier molecular flexibility index (Phi) is 4.52. The Morgan fingerprint density at radius 1 is 1.45 bits per heavy atom. The van der Waals surface area contributed by atoms with Crippen LogP contribution in [-0.2, 0) is 17.8 Å². The molecule has 2 heterocycles. The summed E-state index contributed by atoms with van der Waals surface area (Å²) in [4.78, 5) is 18.6. The van der Waals surface area contributed by atoms with Gasteiger partial charge < -0.3 is 14.6 Å². The van der Waals surface area contributed by atoms with Crippen LogP contribution in [0.5, 0.6) is 0 Å². The van der Waals surface area contributed by atoms with E-state index in [1.54, 1.807) is 0 Å². The zero-order valence-electron chi connectivity index (χ0n) is 13.5. The number of hydrogen-bond donors (Lipinski definition) is 1. The molecule has 0 saturated heterocycles. The van der Waals surface area contributed by atoms with Crippen molar-refractivity contribution in [3.8, 4) is 0 Å². The number of aliphatic hydroxyl groups is 1. The third-order valence-electron chi connectivity index (χ3n) is 5.27. The largest absolute Gasteiger partial charge is 0.389 e. The zero-order valence-corrected chi connectivity index (χ0v) is 13.5. The van der Waals surface area contributed by atoms with Crippen LogP contribution in [0.25, 0.3) is 0 Å². The van der Waals surface area contributed by atoms with Crippen LogP contribution in [0, 0.1) is 5.92 Å². The Bertz CT molecular complexity index is 520. The number of amides is 1. The molecule has 1 fully saturated rings. The summed E-state index contributed by atoms with van der Waals surface area (Å²) >= 11 is 0. The lowest BCUT2D eigenvalue weighted by molar-refractivity contribution is -0.137. The molecule has 122 valence electrons. The molecule has 0 aromatic carbocycles. The molecule has 1 atom stereocenters. The Morgan fingerprint density at radius 3 is 3.00 bits per heavy atom. The number of aryl methyl sites for hydroxylation is 1. The van der Waals surface area contributed by atoms with E-state index < -0.39 is 5.60 Å². The summed E-state index contributed by atoms with van der Waals surface area (Å²) in [5.74, 6) is 1.69. The summed E-state index contributed by atoms with van der Waals surface area (Å²) in [5, 5.41) is 10.5. The van der Waals surface area contributed by atoms with Gasteiger partial charge in [0.15, 0.2) is 0 Å². The Balaban J connectivity index is 1.51.